The van der Waals surface area contributed by atoms with E-state index in [1.165, 1.54) is 43.1 Å². The summed E-state index contributed by atoms with van der Waals surface area (Å²) in [6.45, 7) is 0. The van der Waals surface area contributed by atoms with Gasteiger partial charge in [0.1, 0.15) is 22.3 Å². The standard InChI is InChI=1S/C84H50N4O2/c1-9-25-73-61(17-1)62-18-2-10-26-74(62)85(73)57-41-55(42-58(49-57)86-75-27-11-3-19-63(75)64-20-4-12-28-76(64)86)56-43-59(87-77-29-13-5-21-65(77)69-45-51(33-37-79(69)87)53-35-39-83-71(47-53)67-23-7-15-31-81(67)89-83)50-60(44-56)88-78-30-14-6-22-66(78)70-46-52(34-38-80(70)88)54-36-40-84-72(48-54)68-24-8-16-32-82(68)90-84/h1-50H. The zero-order valence-electron chi connectivity index (χ0n) is 48.5. The van der Waals surface area contributed by atoms with Crippen molar-refractivity contribution >= 4 is 131 Å². The molecule has 0 aliphatic carbocycles. The summed E-state index contributed by atoms with van der Waals surface area (Å²) in [6.07, 6.45) is 0. The lowest BCUT2D eigenvalue weighted by atomic mass is 10.0. The first-order chi connectivity index (χ1) is 44.6. The highest BCUT2D eigenvalue weighted by Gasteiger charge is 2.23. The van der Waals surface area contributed by atoms with Crippen molar-refractivity contribution in [1.82, 2.24) is 18.3 Å². The number of benzene rings is 14. The minimum absolute atomic E-state index is 0.890. The molecular formula is C84H50N4O2. The van der Waals surface area contributed by atoms with E-state index in [1.807, 2.05) is 24.3 Å². The van der Waals surface area contributed by atoms with Crippen LogP contribution in [0.5, 0.6) is 0 Å². The first kappa shape index (κ1) is 49.0. The minimum atomic E-state index is 0.890. The molecule has 0 radical (unpaired) electrons. The molecule has 0 saturated heterocycles. The summed E-state index contributed by atoms with van der Waals surface area (Å²) < 4.78 is 22.5. The highest BCUT2D eigenvalue weighted by atomic mass is 16.3. The number of para-hydroxylation sites is 8. The van der Waals surface area contributed by atoms with Crippen LogP contribution < -0.4 is 0 Å². The fourth-order valence-corrected chi connectivity index (χ4v) is 15.1. The predicted octanol–water partition coefficient (Wildman–Crippen LogP) is 22.9. The van der Waals surface area contributed by atoms with E-state index in [-0.39, 0.29) is 0 Å². The zero-order chi connectivity index (χ0) is 58.7. The van der Waals surface area contributed by atoms with Crippen molar-refractivity contribution in [2.24, 2.45) is 0 Å². The van der Waals surface area contributed by atoms with Crippen LogP contribution in [0.25, 0.3) is 187 Å². The molecule has 0 atom stereocenters. The van der Waals surface area contributed by atoms with Crippen molar-refractivity contribution in [3.8, 4) is 56.1 Å². The maximum Gasteiger partial charge on any atom is 0.135 e. The van der Waals surface area contributed by atoms with Crippen LogP contribution in [-0.2, 0) is 0 Å². The molecule has 0 unspecified atom stereocenters. The van der Waals surface area contributed by atoms with Crippen LogP contribution in [0.1, 0.15) is 0 Å². The van der Waals surface area contributed by atoms with Gasteiger partial charge in [-0.05, 0) is 167 Å². The summed E-state index contributed by atoms with van der Waals surface area (Å²) in [4.78, 5) is 0. The van der Waals surface area contributed by atoms with Crippen LogP contribution >= 0.6 is 0 Å². The average molecular weight is 1150 g/mol. The molecule has 0 aliphatic rings. The van der Waals surface area contributed by atoms with Gasteiger partial charge in [0.25, 0.3) is 0 Å². The second-order valence-corrected chi connectivity index (χ2v) is 24.0. The number of aromatic nitrogens is 4. The molecular weight excluding hydrogens is 1100 g/mol. The molecule has 0 spiro atoms. The highest BCUT2D eigenvalue weighted by Crippen LogP contribution is 2.44. The van der Waals surface area contributed by atoms with E-state index >= 15 is 0 Å². The van der Waals surface area contributed by atoms with Crippen LogP contribution in [0, 0.1) is 0 Å². The Bertz CT molecular complexity index is 5940. The molecule has 418 valence electrons. The molecule has 0 amide bonds. The smallest absolute Gasteiger partial charge is 0.135 e. The first-order valence-corrected chi connectivity index (χ1v) is 30.8. The summed E-state index contributed by atoms with van der Waals surface area (Å²) in [5.74, 6) is 0. The van der Waals surface area contributed by atoms with Crippen LogP contribution in [-0.4, -0.2) is 18.3 Å². The van der Waals surface area contributed by atoms with E-state index in [0.717, 1.165) is 144 Å². The van der Waals surface area contributed by atoms with Crippen molar-refractivity contribution in [3.63, 3.8) is 0 Å². The van der Waals surface area contributed by atoms with Gasteiger partial charge in [-0.15, -0.1) is 0 Å². The summed E-state index contributed by atoms with van der Waals surface area (Å²) in [7, 11) is 0. The van der Waals surface area contributed by atoms with Crippen molar-refractivity contribution < 1.29 is 8.83 Å². The van der Waals surface area contributed by atoms with E-state index in [0.29, 0.717) is 0 Å². The Hall–Kier alpha value is -12.1. The molecule has 6 heterocycles. The number of rotatable bonds is 7. The van der Waals surface area contributed by atoms with Crippen LogP contribution in [0.2, 0.25) is 0 Å². The number of fused-ring (bicyclic) bond motifs is 18. The molecule has 20 rings (SSSR count). The predicted molar refractivity (Wildman–Crippen MR) is 375 cm³/mol. The minimum Gasteiger partial charge on any atom is -0.456 e. The van der Waals surface area contributed by atoms with Crippen molar-refractivity contribution in [2.45, 2.75) is 0 Å². The van der Waals surface area contributed by atoms with Crippen LogP contribution in [0.3, 0.4) is 0 Å². The summed E-state index contributed by atoms with van der Waals surface area (Å²) in [5.41, 5.74) is 23.7. The number of hydrogen-bond acceptors (Lipinski definition) is 2. The highest BCUT2D eigenvalue weighted by molar-refractivity contribution is 6.15. The zero-order valence-corrected chi connectivity index (χ0v) is 48.5. The largest absolute Gasteiger partial charge is 0.456 e. The monoisotopic (exact) mass is 1150 g/mol. The fourth-order valence-electron chi connectivity index (χ4n) is 15.1. The molecule has 6 heteroatoms. The lowest BCUT2D eigenvalue weighted by Crippen LogP contribution is -2.02. The van der Waals surface area contributed by atoms with Gasteiger partial charge in [-0.2, -0.15) is 0 Å². The van der Waals surface area contributed by atoms with Gasteiger partial charge in [-0.25, -0.2) is 0 Å². The van der Waals surface area contributed by atoms with Gasteiger partial charge >= 0.3 is 0 Å². The third-order valence-electron chi connectivity index (χ3n) is 19.1. The lowest BCUT2D eigenvalue weighted by molar-refractivity contribution is 0.668. The average Bonchev–Trinajstić information content (AvgIpc) is 2.56. The maximum atomic E-state index is 6.30. The van der Waals surface area contributed by atoms with Gasteiger partial charge in [0, 0.05) is 87.4 Å². The Morgan fingerprint density at radius 1 is 0.156 bits per heavy atom. The second kappa shape index (κ2) is 18.7. The molecule has 0 saturated carbocycles. The van der Waals surface area contributed by atoms with Gasteiger partial charge in [0.2, 0.25) is 0 Å². The van der Waals surface area contributed by atoms with Gasteiger partial charge in [0.05, 0.1) is 44.1 Å². The van der Waals surface area contributed by atoms with E-state index in [1.54, 1.807) is 0 Å². The molecule has 6 nitrogen and oxygen atoms in total. The Morgan fingerprint density at radius 3 is 0.711 bits per heavy atom. The molecule has 0 bridgehead atoms. The molecule has 6 aromatic heterocycles. The van der Waals surface area contributed by atoms with Crippen molar-refractivity contribution in [1.29, 1.82) is 0 Å². The van der Waals surface area contributed by atoms with Crippen LogP contribution in [0.15, 0.2) is 312 Å². The topological polar surface area (TPSA) is 46.0 Å². The Labute approximate surface area is 514 Å². The van der Waals surface area contributed by atoms with Gasteiger partial charge < -0.3 is 27.1 Å². The first-order valence-electron chi connectivity index (χ1n) is 30.8. The molecule has 20 aromatic rings. The fraction of sp³-hybridized carbons (Fsp3) is 0. The summed E-state index contributed by atoms with van der Waals surface area (Å²) in [5, 5.41) is 14.1. The maximum absolute atomic E-state index is 6.30. The third-order valence-corrected chi connectivity index (χ3v) is 19.1. The molecule has 90 heavy (non-hydrogen) atoms. The van der Waals surface area contributed by atoms with Crippen molar-refractivity contribution in [3.05, 3.63) is 303 Å². The molecule has 0 fully saturated rings. The van der Waals surface area contributed by atoms with Gasteiger partial charge in [-0.1, -0.05) is 170 Å². The van der Waals surface area contributed by atoms with E-state index in [2.05, 4.69) is 297 Å². The number of hydrogen-bond donors (Lipinski definition) is 0. The van der Waals surface area contributed by atoms with Gasteiger partial charge in [0.15, 0.2) is 0 Å². The second-order valence-electron chi connectivity index (χ2n) is 24.0. The molecule has 0 N–H and O–H groups in total. The van der Waals surface area contributed by atoms with E-state index < -0.39 is 0 Å². The van der Waals surface area contributed by atoms with E-state index in [4.69, 9.17) is 8.83 Å². The summed E-state index contributed by atoms with van der Waals surface area (Å²) >= 11 is 0. The number of nitrogens with zero attached hydrogens (tertiary/aromatic N) is 4. The Morgan fingerprint density at radius 2 is 0.389 bits per heavy atom. The Balaban J connectivity index is 0.858. The normalized spacial score (nSPS) is 12.2. The quantitative estimate of drug-likeness (QED) is 0.160. The lowest BCUT2D eigenvalue weighted by Gasteiger charge is -2.18. The van der Waals surface area contributed by atoms with Gasteiger partial charge in [-0.3, -0.25) is 0 Å². The third kappa shape index (κ3) is 7.15. The Kier molecular flexibility index (Phi) is 10.2. The number of furan rings is 2. The molecule has 0 aliphatic heterocycles. The van der Waals surface area contributed by atoms with Crippen LogP contribution in [0.4, 0.5) is 0 Å². The summed E-state index contributed by atoms with van der Waals surface area (Å²) in [6, 6.07) is 111. The van der Waals surface area contributed by atoms with E-state index in [9.17, 15) is 0 Å². The molecule has 14 aromatic carbocycles. The van der Waals surface area contributed by atoms with Crippen molar-refractivity contribution in [2.75, 3.05) is 0 Å². The SMILES string of the molecule is c1ccc2c(c1)oc1ccc(-c3ccc4c(c3)c3ccccc3n4-c3cc(-c4cc(-n5c6ccccc6c6ccccc65)cc(-n5c6ccccc6c6ccccc65)c4)cc(-n4c5ccccc5c5cc(-c6ccc7oc8ccccc8c7c6)ccc54)c3)cc12.